The summed E-state index contributed by atoms with van der Waals surface area (Å²) in [5, 5.41) is 3.36. The highest BCUT2D eigenvalue weighted by molar-refractivity contribution is 5.39. The number of hydrogen-bond acceptors (Lipinski definition) is 3. The molecular formula is C13H19NO2. The van der Waals surface area contributed by atoms with Crippen LogP contribution >= 0.6 is 0 Å². The Hall–Kier alpha value is -1.06. The van der Waals surface area contributed by atoms with Crippen molar-refractivity contribution in [1.82, 2.24) is 5.32 Å². The van der Waals surface area contributed by atoms with Gasteiger partial charge in [-0.15, -0.1) is 0 Å². The molecule has 0 saturated heterocycles. The Labute approximate surface area is 96.8 Å². The van der Waals surface area contributed by atoms with Gasteiger partial charge in [-0.25, -0.2) is 0 Å². The van der Waals surface area contributed by atoms with E-state index >= 15 is 0 Å². The Morgan fingerprint density at radius 3 is 3.12 bits per heavy atom. The quantitative estimate of drug-likeness (QED) is 0.743. The molecule has 0 saturated carbocycles. The first kappa shape index (κ1) is 11.4. The summed E-state index contributed by atoms with van der Waals surface area (Å²) in [4.78, 5) is 0. The molecule has 3 nitrogen and oxygen atoms in total. The second-order valence-corrected chi connectivity index (χ2v) is 4.08. The molecule has 1 aliphatic heterocycles. The molecule has 1 unspecified atom stereocenters. The number of ether oxygens (including phenoxy) is 2. The average Bonchev–Trinajstić information content (AvgIpc) is 2.73. The fourth-order valence-corrected chi connectivity index (χ4v) is 2.04. The minimum Gasteiger partial charge on any atom is -0.493 e. The standard InChI is InChI=1S/C13H19NO2/c1-15-9-8-14-7-6-11-10-16-13-5-3-2-4-12(11)13/h2-5,11,14H,6-10H2,1H3. The van der Waals surface area contributed by atoms with Gasteiger partial charge in [-0.3, -0.25) is 0 Å². The van der Waals surface area contributed by atoms with Crippen LogP contribution in [0, 0.1) is 0 Å². The van der Waals surface area contributed by atoms with Gasteiger partial charge in [0.1, 0.15) is 5.75 Å². The summed E-state index contributed by atoms with van der Waals surface area (Å²) in [5.74, 6) is 1.61. The SMILES string of the molecule is COCCNCCC1COc2ccccc21. The van der Waals surface area contributed by atoms with Crippen molar-refractivity contribution in [3.8, 4) is 5.75 Å². The number of fused-ring (bicyclic) bond motifs is 1. The molecular weight excluding hydrogens is 202 g/mol. The fraction of sp³-hybridized carbons (Fsp3) is 0.538. The van der Waals surface area contributed by atoms with E-state index in [1.807, 2.05) is 12.1 Å². The van der Waals surface area contributed by atoms with Crippen LogP contribution in [0.2, 0.25) is 0 Å². The Morgan fingerprint density at radius 1 is 1.38 bits per heavy atom. The Morgan fingerprint density at radius 2 is 2.25 bits per heavy atom. The molecule has 16 heavy (non-hydrogen) atoms. The zero-order chi connectivity index (χ0) is 11.2. The van der Waals surface area contributed by atoms with Gasteiger partial charge < -0.3 is 14.8 Å². The summed E-state index contributed by atoms with van der Waals surface area (Å²) in [6.07, 6.45) is 1.13. The smallest absolute Gasteiger partial charge is 0.122 e. The van der Waals surface area contributed by atoms with Crippen LogP contribution in [-0.2, 0) is 4.74 Å². The van der Waals surface area contributed by atoms with Gasteiger partial charge in [0.25, 0.3) is 0 Å². The summed E-state index contributed by atoms with van der Waals surface area (Å²) in [6.45, 7) is 3.54. The van der Waals surface area contributed by atoms with E-state index in [2.05, 4.69) is 17.4 Å². The van der Waals surface area contributed by atoms with Crippen molar-refractivity contribution in [1.29, 1.82) is 0 Å². The average molecular weight is 221 g/mol. The van der Waals surface area contributed by atoms with Crippen LogP contribution < -0.4 is 10.1 Å². The van der Waals surface area contributed by atoms with Crippen molar-refractivity contribution in [3.05, 3.63) is 29.8 Å². The lowest BCUT2D eigenvalue weighted by atomic mass is 9.98. The first-order chi connectivity index (χ1) is 7.92. The van der Waals surface area contributed by atoms with E-state index in [4.69, 9.17) is 9.47 Å². The van der Waals surface area contributed by atoms with Crippen LogP contribution in [0.4, 0.5) is 0 Å². The van der Waals surface area contributed by atoms with E-state index in [1.54, 1.807) is 7.11 Å². The highest BCUT2D eigenvalue weighted by Gasteiger charge is 2.22. The monoisotopic (exact) mass is 221 g/mol. The topological polar surface area (TPSA) is 30.5 Å². The maximum absolute atomic E-state index is 5.64. The molecule has 0 aliphatic carbocycles. The fourth-order valence-electron chi connectivity index (χ4n) is 2.04. The van der Waals surface area contributed by atoms with Crippen LogP contribution in [0.3, 0.4) is 0 Å². The molecule has 0 fully saturated rings. The van der Waals surface area contributed by atoms with Crippen LogP contribution in [0.25, 0.3) is 0 Å². The third-order valence-corrected chi connectivity index (χ3v) is 2.95. The number of para-hydroxylation sites is 1. The van der Waals surface area contributed by atoms with Crippen LogP contribution in [0.1, 0.15) is 17.9 Å². The maximum atomic E-state index is 5.64. The van der Waals surface area contributed by atoms with E-state index in [-0.39, 0.29) is 0 Å². The summed E-state index contributed by atoms with van der Waals surface area (Å²) >= 11 is 0. The lowest BCUT2D eigenvalue weighted by molar-refractivity contribution is 0.199. The molecule has 1 N–H and O–H groups in total. The van der Waals surface area contributed by atoms with Gasteiger partial charge in [0.2, 0.25) is 0 Å². The molecule has 1 aromatic rings. The van der Waals surface area contributed by atoms with E-state index in [0.29, 0.717) is 5.92 Å². The van der Waals surface area contributed by atoms with E-state index < -0.39 is 0 Å². The summed E-state index contributed by atoms with van der Waals surface area (Å²) in [7, 11) is 1.72. The Bertz CT molecular complexity index is 327. The third-order valence-electron chi connectivity index (χ3n) is 2.95. The molecule has 0 amide bonds. The number of methoxy groups -OCH3 is 1. The molecule has 0 radical (unpaired) electrons. The molecule has 88 valence electrons. The number of rotatable bonds is 6. The maximum Gasteiger partial charge on any atom is 0.122 e. The zero-order valence-corrected chi connectivity index (χ0v) is 9.74. The lowest BCUT2D eigenvalue weighted by Gasteiger charge is -2.09. The predicted molar refractivity (Wildman–Crippen MR) is 64.0 cm³/mol. The summed E-state index contributed by atoms with van der Waals surface area (Å²) < 4.78 is 10.6. The number of benzene rings is 1. The van der Waals surface area contributed by atoms with Crippen LogP contribution in [-0.4, -0.2) is 33.4 Å². The second kappa shape index (κ2) is 5.87. The minimum absolute atomic E-state index is 0.547. The van der Waals surface area contributed by atoms with Crippen molar-refractivity contribution in [2.45, 2.75) is 12.3 Å². The normalized spacial score (nSPS) is 18.2. The molecule has 1 aliphatic rings. The van der Waals surface area contributed by atoms with Crippen molar-refractivity contribution in [2.75, 3.05) is 33.4 Å². The molecule has 3 heteroatoms. The first-order valence-corrected chi connectivity index (χ1v) is 5.83. The van der Waals surface area contributed by atoms with Crippen molar-refractivity contribution in [2.24, 2.45) is 0 Å². The van der Waals surface area contributed by atoms with Gasteiger partial charge in [-0.05, 0) is 19.0 Å². The van der Waals surface area contributed by atoms with Crippen molar-refractivity contribution >= 4 is 0 Å². The summed E-state index contributed by atoms with van der Waals surface area (Å²) in [6, 6.07) is 8.33. The van der Waals surface area contributed by atoms with Crippen LogP contribution in [0.5, 0.6) is 5.75 Å². The van der Waals surface area contributed by atoms with Gasteiger partial charge in [0.15, 0.2) is 0 Å². The Kier molecular flexibility index (Phi) is 4.19. The Balaban J connectivity index is 1.76. The minimum atomic E-state index is 0.547. The third kappa shape index (κ3) is 2.74. The second-order valence-electron chi connectivity index (χ2n) is 4.08. The van der Waals surface area contributed by atoms with Crippen LogP contribution in [0.15, 0.2) is 24.3 Å². The molecule has 0 bridgehead atoms. The molecule has 1 heterocycles. The summed E-state index contributed by atoms with van der Waals surface area (Å²) in [5.41, 5.74) is 1.36. The van der Waals surface area contributed by atoms with E-state index in [0.717, 1.165) is 38.5 Å². The van der Waals surface area contributed by atoms with Gasteiger partial charge in [0, 0.05) is 25.1 Å². The molecule has 1 atom stereocenters. The van der Waals surface area contributed by atoms with Gasteiger partial charge in [-0.1, -0.05) is 18.2 Å². The van der Waals surface area contributed by atoms with Gasteiger partial charge in [-0.2, -0.15) is 0 Å². The highest BCUT2D eigenvalue weighted by atomic mass is 16.5. The first-order valence-electron chi connectivity index (χ1n) is 5.83. The lowest BCUT2D eigenvalue weighted by Crippen LogP contribution is -2.22. The van der Waals surface area contributed by atoms with E-state index in [1.165, 1.54) is 5.56 Å². The molecule has 2 rings (SSSR count). The van der Waals surface area contributed by atoms with Crippen molar-refractivity contribution in [3.63, 3.8) is 0 Å². The number of hydrogen-bond donors (Lipinski definition) is 1. The number of nitrogens with one attached hydrogen (secondary N) is 1. The van der Waals surface area contributed by atoms with Gasteiger partial charge in [0.05, 0.1) is 13.2 Å². The highest BCUT2D eigenvalue weighted by Crippen LogP contribution is 2.34. The largest absolute Gasteiger partial charge is 0.493 e. The van der Waals surface area contributed by atoms with Crippen molar-refractivity contribution < 1.29 is 9.47 Å². The van der Waals surface area contributed by atoms with Gasteiger partial charge >= 0.3 is 0 Å². The molecule has 0 aromatic heterocycles. The van der Waals surface area contributed by atoms with E-state index in [9.17, 15) is 0 Å². The zero-order valence-electron chi connectivity index (χ0n) is 9.74. The molecule has 1 aromatic carbocycles. The molecule has 0 spiro atoms. The predicted octanol–water partition coefficient (Wildman–Crippen LogP) is 1.79.